The number of benzene rings is 3. The maximum Gasteiger partial charge on any atom is 0.339 e. The second-order valence-electron chi connectivity index (χ2n) is 8.24. The zero-order valence-corrected chi connectivity index (χ0v) is 22.4. The molecule has 0 aliphatic rings. The number of halogens is 1. The van der Waals surface area contributed by atoms with E-state index in [2.05, 4.69) is 15.6 Å². The maximum absolute atomic E-state index is 12.8. The van der Waals surface area contributed by atoms with Crippen molar-refractivity contribution < 1.29 is 23.9 Å². The second-order valence-corrected chi connectivity index (χ2v) is 9.51. The first-order chi connectivity index (χ1) is 18.3. The Morgan fingerprint density at radius 2 is 1.71 bits per heavy atom. The molecule has 38 heavy (non-hydrogen) atoms. The lowest BCUT2D eigenvalue weighted by Gasteiger charge is -2.14. The first kappa shape index (κ1) is 26.8. The lowest BCUT2D eigenvalue weighted by atomic mass is 9.99. The Morgan fingerprint density at radius 3 is 2.39 bits per heavy atom. The van der Waals surface area contributed by atoms with Crippen LogP contribution in [0.15, 0.2) is 66.0 Å². The number of thiazole rings is 1. The van der Waals surface area contributed by atoms with E-state index in [0.29, 0.717) is 21.5 Å². The molecule has 1 heterocycles. The van der Waals surface area contributed by atoms with Gasteiger partial charge in [-0.25, -0.2) is 9.78 Å². The standard InChI is InChI=1S/C28H24ClN3O5S/c1-16(33)30-28-32-25(15-38-28)19-9-7-18(8-10-19)21-13-22(27(35)37-3)24(14-23(21)29)31-26(34)12-17-5-4-6-20(11-17)36-2/h4-11,13-15H,12H2,1-3H3,(H,31,34)(H,30,32,33). The molecule has 3 aromatic carbocycles. The van der Waals surface area contributed by atoms with Crippen molar-refractivity contribution in [1.82, 2.24) is 4.98 Å². The molecule has 4 aromatic rings. The van der Waals surface area contributed by atoms with Crippen LogP contribution in [0, 0.1) is 0 Å². The van der Waals surface area contributed by atoms with Crippen molar-refractivity contribution in [3.8, 4) is 28.1 Å². The van der Waals surface area contributed by atoms with Crippen molar-refractivity contribution in [2.45, 2.75) is 13.3 Å². The molecule has 0 saturated carbocycles. The first-order valence-corrected chi connectivity index (χ1v) is 12.7. The van der Waals surface area contributed by atoms with E-state index in [-0.39, 0.29) is 29.5 Å². The number of anilines is 2. The molecule has 4 rings (SSSR count). The minimum atomic E-state index is -0.607. The van der Waals surface area contributed by atoms with E-state index < -0.39 is 5.97 Å². The van der Waals surface area contributed by atoms with Crippen LogP contribution in [0.2, 0.25) is 5.02 Å². The molecule has 0 aliphatic carbocycles. The fraction of sp³-hybridized carbons (Fsp3) is 0.143. The number of esters is 1. The van der Waals surface area contributed by atoms with Crippen molar-refractivity contribution in [1.29, 1.82) is 0 Å². The van der Waals surface area contributed by atoms with Gasteiger partial charge in [-0.05, 0) is 35.4 Å². The van der Waals surface area contributed by atoms with Crippen molar-refractivity contribution in [3.05, 3.63) is 82.2 Å². The number of amides is 2. The maximum atomic E-state index is 12.8. The summed E-state index contributed by atoms with van der Waals surface area (Å²) in [4.78, 5) is 41.0. The summed E-state index contributed by atoms with van der Waals surface area (Å²) in [5.41, 5.74) is 4.12. The fourth-order valence-corrected chi connectivity index (χ4v) is 4.81. The van der Waals surface area contributed by atoms with Crippen molar-refractivity contribution in [2.75, 3.05) is 24.9 Å². The Morgan fingerprint density at radius 1 is 0.974 bits per heavy atom. The van der Waals surface area contributed by atoms with E-state index in [4.69, 9.17) is 21.1 Å². The first-order valence-electron chi connectivity index (χ1n) is 11.5. The number of hydrogen-bond acceptors (Lipinski definition) is 7. The van der Waals surface area contributed by atoms with Crippen LogP contribution in [0.5, 0.6) is 5.75 Å². The van der Waals surface area contributed by atoms with Crippen molar-refractivity contribution >= 4 is 51.5 Å². The molecule has 8 nitrogen and oxygen atoms in total. The molecule has 0 bridgehead atoms. The molecular weight excluding hydrogens is 526 g/mol. The Balaban J connectivity index is 1.58. The van der Waals surface area contributed by atoms with Crippen LogP contribution in [0.4, 0.5) is 10.8 Å². The smallest absolute Gasteiger partial charge is 0.339 e. The summed E-state index contributed by atoms with van der Waals surface area (Å²) >= 11 is 7.94. The SMILES string of the molecule is COC(=O)c1cc(-c2ccc(-c3csc(NC(C)=O)n3)cc2)c(Cl)cc1NC(=O)Cc1cccc(OC)c1. The van der Waals surface area contributed by atoms with Gasteiger partial charge in [0, 0.05) is 23.4 Å². The van der Waals surface area contributed by atoms with E-state index >= 15 is 0 Å². The number of nitrogens with zero attached hydrogens (tertiary/aromatic N) is 1. The third kappa shape index (κ3) is 6.37. The lowest BCUT2D eigenvalue weighted by molar-refractivity contribution is -0.116. The molecule has 0 fully saturated rings. The van der Waals surface area contributed by atoms with Crippen LogP contribution in [-0.2, 0) is 20.7 Å². The third-order valence-electron chi connectivity index (χ3n) is 5.56. The Kier molecular flexibility index (Phi) is 8.40. The predicted molar refractivity (Wildman–Crippen MR) is 149 cm³/mol. The number of carbonyl (C=O) groups excluding carboxylic acids is 3. The quantitative estimate of drug-likeness (QED) is 0.258. The highest BCUT2D eigenvalue weighted by Gasteiger charge is 2.19. The largest absolute Gasteiger partial charge is 0.497 e. The van der Waals surface area contributed by atoms with Gasteiger partial charge in [-0.1, -0.05) is 48.0 Å². The van der Waals surface area contributed by atoms with E-state index in [9.17, 15) is 14.4 Å². The van der Waals surface area contributed by atoms with Crippen LogP contribution in [0.25, 0.3) is 22.4 Å². The van der Waals surface area contributed by atoms with Crippen LogP contribution in [-0.4, -0.2) is 37.0 Å². The molecule has 10 heteroatoms. The minimum Gasteiger partial charge on any atom is -0.497 e. The molecule has 0 aliphatic heterocycles. The zero-order chi connectivity index (χ0) is 27.2. The summed E-state index contributed by atoms with van der Waals surface area (Å²) in [6, 6.07) is 17.8. The molecule has 0 saturated heterocycles. The number of hydrogen-bond donors (Lipinski definition) is 2. The summed E-state index contributed by atoms with van der Waals surface area (Å²) in [6.07, 6.45) is 0.0823. The molecule has 194 valence electrons. The van der Waals surface area contributed by atoms with Gasteiger partial charge < -0.3 is 20.1 Å². The topological polar surface area (TPSA) is 107 Å². The highest BCUT2D eigenvalue weighted by Crippen LogP contribution is 2.35. The number of rotatable bonds is 8. The van der Waals surface area contributed by atoms with Gasteiger partial charge in [-0.3, -0.25) is 9.59 Å². The summed E-state index contributed by atoms with van der Waals surface area (Å²) in [5, 5.41) is 8.17. The molecular formula is C28H24ClN3O5S. The van der Waals surface area contributed by atoms with Gasteiger partial charge in [0.25, 0.3) is 0 Å². The van der Waals surface area contributed by atoms with Crippen LogP contribution in [0.3, 0.4) is 0 Å². The van der Waals surface area contributed by atoms with E-state index in [1.807, 2.05) is 35.7 Å². The van der Waals surface area contributed by atoms with Gasteiger partial charge in [-0.2, -0.15) is 0 Å². The van der Waals surface area contributed by atoms with Gasteiger partial charge in [0.05, 0.1) is 42.6 Å². The van der Waals surface area contributed by atoms with E-state index in [1.54, 1.807) is 37.4 Å². The van der Waals surface area contributed by atoms with Gasteiger partial charge in [0.15, 0.2) is 5.13 Å². The van der Waals surface area contributed by atoms with Crippen LogP contribution in [0.1, 0.15) is 22.8 Å². The fourth-order valence-electron chi connectivity index (χ4n) is 3.77. The zero-order valence-electron chi connectivity index (χ0n) is 20.8. The molecule has 0 radical (unpaired) electrons. The normalized spacial score (nSPS) is 10.5. The molecule has 0 atom stereocenters. The monoisotopic (exact) mass is 549 g/mol. The van der Waals surface area contributed by atoms with Gasteiger partial charge in [0.2, 0.25) is 11.8 Å². The Bertz CT molecular complexity index is 1500. The molecule has 2 amide bonds. The van der Waals surface area contributed by atoms with E-state index in [0.717, 1.165) is 22.4 Å². The number of aromatic nitrogens is 1. The summed E-state index contributed by atoms with van der Waals surface area (Å²) < 4.78 is 10.2. The van der Waals surface area contributed by atoms with Gasteiger partial charge in [-0.15, -0.1) is 11.3 Å². The van der Waals surface area contributed by atoms with Crippen LogP contribution >= 0.6 is 22.9 Å². The number of carbonyl (C=O) groups is 3. The van der Waals surface area contributed by atoms with E-state index in [1.165, 1.54) is 25.4 Å². The third-order valence-corrected chi connectivity index (χ3v) is 6.63. The predicted octanol–water partition coefficient (Wildman–Crippen LogP) is 6.07. The highest BCUT2D eigenvalue weighted by molar-refractivity contribution is 7.14. The Labute approximate surface area is 228 Å². The average molecular weight is 550 g/mol. The van der Waals surface area contributed by atoms with Crippen molar-refractivity contribution in [2.24, 2.45) is 0 Å². The van der Waals surface area contributed by atoms with Crippen molar-refractivity contribution in [3.63, 3.8) is 0 Å². The molecule has 0 spiro atoms. The van der Waals surface area contributed by atoms with Gasteiger partial charge in [0.1, 0.15) is 5.75 Å². The molecule has 2 N–H and O–H groups in total. The number of methoxy groups -OCH3 is 2. The summed E-state index contributed by atoms with van der Waals surface area (Å²) in [5.74, 6) is -0.466. The van der Waals surface area contributed by atoms with Gasteiger partial charge >= 0.3 is 5.97 Å². The number of nitrogens with one attached hydrogen (secondary N) is 2. The average Bonchev–Trinajstić information content (AvgIpc) is 3.36. The summed E-state index contributed by atoms with van der Waals surface area (Å²) in [6.45, 7) is 1.43. The molecule has 0 unspecified atom stereocenters. The molecule has 1 aromatic heterocycles. The number of ether oxygens (including phenoxy) is 2. The Hall–Kier alpha value is -4.21. The highest BCUT2D eigenvalue weighted by atomic mass is 35.5. The minimum absolute atomic E-state index is 0.0823. The van der Waals surface area contributed by atoms with Crippen LogP contribution < -0.4 is 15.4 Å². The lowest BCUT2D eigenvalue weighted by Crippen LogP contribution is -2.17. The second kappa shape index (κ2) is 11.9. The summed E-state index contributed by atoms with van der Waals surface area (Å²) in [7, 11) is 2.83.